The molecule has 1 unspecified atom stereocenters. The molecule has 0 saturated heterocycles. The zero-order valence-electron chi connectivity index (χ0n) is 18.0. The Hall–Kier alpha value is -3.39. The molecule has 0 aliphatic heterocycles. The highest BCUT2D eigenvalue weighted by Gasteiger charge is 2.30. The summed E-state index contributed by atoms with van der Waals surface area (Å²) in [7, 11) is 0. The minimum Gasteiger partial charge on any atom is -0.481 e. The van der Waals surface area contributed by atoms with Gasteiger partial charge in [-0.25, -0.2) is 4.79 Å². The van der Waals surface area contributed by atoms with Gasteiger partial charge in [0, 0.05) is 25.4 Å². The number of likely N-dealkylation sites (N-methyl/N-ethyl adjacent to an activating group) is 1. The quantitative estimate of drug-likeness (QED) is 0.523. The Labute approximate surface area is 186 Å². The van der Waals surface area contributed by atoms with Gasteiger partial charge in [-0.1, -0.05) is 48.5 Å². The summed E-state index contributed by atoms with van der Waals surface area (Å²) >= 11 is 0. The van der Waals surface area contributed by atoms with E-state index in [0.29, 0.717) is 6.54 Å². The average Bonchev–Trinajstić information content (AvgIpc) is 3.12. The van der Waals surface area contributed by atoms with Crippen LogP contribution in [0.2, 0.25) is 0 Å². The number of carboxylic acid groups (broad SMARTS) is 1. The van der Waals surface area contributed by atoms with Crippen molar-refractivity contribution in [1.82, 2.24) is 10.2 Å². The minimum absolute atomic E-state index is 0.0692. The van der Waals surface area contributed by atoms with E-state index in [-0.39, 0.29) is 38.5 Å². The molecule has 170 valence electrons. The number of nitrogens with one attached hydrogen (secondary N) is 1. The zero-order chi connectivity index (χ0) is 23.1. The van der Waals surface area contributed by atoms with Crippen LogP contribution < -0.4 is 5.32 Å². The summed E-state index contributed by atoms with van der Waals surface area (Å²) in [5, 5.41) is 20.7. The number of hydrogen-bond donors (Lipinski definition) is 3. The largest absolute Gasteiger partial charge is 0.481 e. The molecule has 32 heavy (non-hydrogen) atoms. The number of alkyl carbamates (subject to hydrolysis) is 1. The molecule has 0 fully saturated rings. The van der Waals surface area contributed by atoms with E-state index in [4.69, 9.17) is 14.9 Å². The Morgan fingerprint density at radius 2 is 1.66 bits per heavy atom. The molecule has 0 spiro atoms. The molecule has 0 saturated carbocycles. The van der Waals surface area contributed by atoms with E-state index in [2.05, 4.69) is 5.32 Å². The maximum absolute atomic E-state index is 12.8. The number of carboxylic acids is 1. The molecule has 0 aromatic heterocycles. The van der Waals surface area contributed by atoms with Crippen LogP contribution in [0.25, 0.3) is 11.1 Å². The standard InChI is InChI=1S/C24H28N2O6/c1-2-26(13-14-27)23(30)21(11-12-22(28)29)25-24(31)32-15-20-18-9-5-3-7-16(18)17-8-4-6-10-19(17)20/h3-10,20-21,27H,2,11-15H2,1H3,(H,25,31)(H,28,29). The van der Waals surface area contributed by atoms with Crippen molar-refractivity contribution in [2.24, 2.45) is 0 Å². The maximum atomic E-state index is 12.8. The topological polar surface area (TPSA) is 116 Å². The Morgan fingerprint density at radius 1 is 1.06 bits per heavy atom. The maximum Gasteiger partial charge on any atom is 0.407 e. The third kappa shape index (κ3) is 5.26. The zero-order valence-corrected chi connectivity index (χ0v) is 18.0. The van der Waals surface area contributed by atoms with E-state index in [9.17, 15) is 14.4 Å². The van der Waals surface area contributed by atoms with E-state index in [0.717, 1.165) is 22.3 Å². The van der Waals surface area contributed by atoms with E-state index in [1.807, 2.05) is 48.5 Å². The van der Waals surface area contributed by atoms with Gasteiger partial charge in [0.2, 0.25) is 5.91 Å². The van der Waals surface area contributed by atoms with Crippen molar-refractivity contribution in [3.63, 3.8) is 0 Å². The van der Waals surface area contributed by atoms with Crippen LogP contribution in [0.4, 0.5) is 4.79 Å². The highest BCUT2D eigenvalue weighted by molar-refractivity contribution is 5.86. The first-order valence-corrected chi connectivity index (χ1v) is 10.7. The predicted octanol–water partition coefficient (Wildman–Crippen LogP) is 2.60. The fourth-order valence-corrected chi connectivity index (χ4v) is 4.07. The fourth-order valence-electron chi connectivity index (χ4n) is 4.07. The van der Waals surface area contributed by atoms with Gasteiger partial charge in [0.25, 0.3) is 0 Å². The van der Waals surface area contributed by atoms with Gasteiger partial charge >= 0.3 is 12.1 Å². The number of fused-ring (bicyclic) bond motifs is 3. The Bertz CT molecular complexity index is 931. The van der Waals surface area contributed by atoms with Crippen molar-refractivity contribution in [2.75, 3.05) is 26.3 Å². The van der Waals surface area contributed by atoms with Gasteiger partial charge in [-0.15, -0.1) is 0 Å². The van der Waals surface area contributed by atoms with Crippen molar-refractivity contribution >= 4 is 18.0 Å². The van der Waals surface area contributed by atoms with Crippen molar-refractivity contribution in [2.45, 2.75) is 31.7 Å². The third-order valence-corrected chi connectivity index (χ3v) is 5.64. The monoisotopic (exact) mass is 440 g/mol. The van der Waals surface area contributed by atoms with Crippen LogP contribution in [0.5, 0.6) is 0 Å². The van der Waals surface area contributed by atoms with Gasteiger partial charge in [-0.2, -0.15) is 0 Å². The average molecular weight is 440 g/mol. The van der Waals surface area contributed by atoms with E-state index >= 15 is 0 Å². The number of hydrogen-bond acceptors (Lipinski definition) is 5. The van der Waals surface area contributed by atoms with Gasteiger partial charge in [0.05, 0.1) is 6.61 Å². The molecule has 0 radical (unpaired) electrons. The van der Waals surface area contributed by atoms with Gasteiger partial charge in [0.15, 0.2) is 0 Å². The Balaban J connectivity index is 1.68. The van der Waals surface area contributed by atoms with E-state index < -0.39 is 24.0 Å². The summed E-state index contributed by atoms with van der Waals surface area (Å²) in [5.41, 5.74) is 4.35. The Kier molecular flexibility index (Phi) is 7.83. The van der Waals surface area contributed by atoms with Crippen LogP contribution in [0.3, 0.4) is 0 Å². The smallest absolute Gasteiger partial charge is 0.407 e. The lowest BCUT2D eigenvalue weighted by atomic mass is 9.98. The molecule has 8 nitrogen and oxygen atoms in total. The van der Waals surface area contributed by atoms with E-state index in [1.165, 1.54) is 4.90 Å². The lowest BCUT2D eigenvalue weighted by Gasteiger charge is -2.26. The number of ether oxygens (including phenoxy) is 1. The molecular formula is C24H28N2O6. The number of aliphatic carboxylic acids is 1. The second-order valence-electron chi connectivity index (χ2n) is 7.60. The molecule has 0 bridgehead atoms. The van der Waals surface area contributed by atoms with Crippen LogP contribution in [0, 0.1) is 0 Å². The van der Waals surface area contributed by atoms with Crippen LogP contribution in [0.15, 0.2) is 48.5 Å². The van der Waals surface area contributed by atoms with Crippen LogP contribution in [-0.4, -0.2) is 65.4 Å². The van der Waals surface area contributed by atoms with Crippen molar-refractivity contribution in [1.29, 1.82) is 0 Å². The van der Waals surface area contributed by atoms with Crippen LogP contribution in [0.1, 0.15) is 36.8 Å². The van der Waals surface area contributed by atoms with Crippen molar-refractivity contribution < 1.29 is 29.3 Å². The summed E-state index contributed by atoms with van der Waals surface area (Å²) in [6.07, 6.45) is -1.13. The molecule has 8 heteroatoms. The highest BCUT2D eigenvalue weighted by Crippen LogP contribution is 2.44. The third-order valence-electron chi connectivity index (χ3n) is 5.64. The molecular weight excluding hydrogens is 412 g/mol. The van der Waals surface area contributed by atoms with Crippen LogP contribution in [-0.2, 0) is 14.3 Å². The lowest BCUT2D eigenvalue weighted by Crippen LogP contribution is -2.49. The summed E-state index contributed by atoms with van der Waals surface area (Å²) in [6, 6.07) is 14.9. The summed E-state index contributed by atoms with van der Waals surface area (Å²) in [4.78, 5) is 37.7. The second kappa shape index (κ2) is 10.8. The first kappa shape index (κ1) is 23.3. The molecule has 1 atom stereocenters. The predicted molar refractivity (Wildman–Crippen MR) is 118 cm³/mol. The first-order valence-electron chi connectivity index (χ1n) is 10.7. The fraction of sp³-hybridized carbons (Fsp3) is 0.375. The molecule has 3 N–H and O–H groups in total. The normalized spacial score (nSPS) is 13.1. The summed E-state index contributed by atoms with van der Waals surface area (Å²) < 4.78 is 5.48. The molecule has 2 aromatic rings. The first-order chi connectivity index (χ1) is 15.5. The minimum atomic E-state index is -1.07. The highest BCUT2D eigenvalue weighted by atomic mass is 16.5. The number of amides is 2. The Morgan fingerprint density at radius 3 is 2.19 bits per heavy atom. The van der Waals surface area contributed by atoms with Crippen molar-refractivity contribution in [3.05, 3.63) is 59.7 Å². The molecule has 2 amide bonds. The number of nitrogens with zero attached hydrogens (tertiary/aromatic N) is 1. The number of aliphatic hydroxyl groups excluding tert-OH is 1. The number of carbonyl (C=O) groups excluding carboxylic acids is 2. The van der Waals surface area contributed by atoms with Crippen molar-refractivity contribution in [3.8, 4) is 11.1 Å². The van der Waals surface area contributed by atoms with Gasteiger partial charge in [0.1, 0.15) is 12.6 Å². The number of benzene rings is 2. The second-order valence-corrected chi connectivity index (χ2v) is 7.60. The number of rotatable bonds is 10. The van der Waals surface area contributed by atoms with E-state index in [1.54, 1.807) is 6.92 Å². The number of carbonyl (C=O) groups is 3. The SMILES string of the molecule is CCN(CCO)C(=O)C(CCC(=O)O)NC(=O)OCC1c2ccccc2-c2ccccc21. The molecule has 1 aliphatic carbocycles. The van der Waals surface area contributed by atoms with Crippen LogP contribution >= 0.6 is 0 Å². The van der Waals surface area contributed by atoms with Gasteiger partial charge < -0.3 is 25.2 Å². The molecule has 2 aromatic carbocycles. The van der Waals surface area contributed by atoms with Gasteiger partial charge in [-0.3, -0.25) is 9.59 Å². The summed E-state index contributed by atoms with van der Waals surface area (Å²) in [5.74, 6) is -1.64. The lowest BCUT2D eigenvalue weighted by molar-refractivity contribution is -0.138. The summed E-state index contributed by atoms with van der Waals surface area (Å²) in [6.45, 7) is 2.04. The van der Waals surface area contributed by atoms with Gasteiger partial charge in [-0.05, 0) is 35.6 Å². The molecule has 1 aliphatic rings. The number of aliphatic hydroxyl groups is 1. The molecule has 3 rings (SSSR count). The molecule has 0 heterocycles.